The molecule has 1 aromatic heterocycles. The maximum Gasteiger partial charge on any atom is 0.201 e. The summed E-state index contributed by atoms with van der Waals surface area (Å²) in [5, 5.41) is 10.3. The number of likely N-dealkylation sites (N-methyl/N-ethyl adjacent to an activating group) is 1. The number of fused-ring (bicyclic) bond motifs is 2. The van der Waals surface area contributed by atoms with Crippen molar-refractivity contribution in [2.45, 2.75) is 6.54 Å². The Hall–Kier alpha value is -2.77. The predicted octanol–water partition coefficient (Wildman–Crippen LogP) is 3.89. The Kier molecular flexibility index (Phi) is 3.29. The summed E-state index contributed by atoms with van der Waals surface area (Å²) in [6.07, 6.45) is 0. The van der Waals surface area contributed by atoms with Crippen LogP contribution in [0.15, 0.2) is 52.9 Å². The van der Waals surface area contributed by atoms with Crippen molar-refractivity contribution in [1.29, 1.82) is 5.26 Å². The Labute approximate surface area is 135 Å². The molecule has 0 saturated heterocycles. The van der Waals surface area contributed by atoms with Crippen LogP contribution >= 0.6 is 0 Å². The molecule has 2 aromatic carbocycles. The number of nitrogens with zero attached hydrogens (tertiary/aromatic N) is 3. The van der Waals surface area contributed by atoms with E-state index >= 15 is 0 Å². The SMILES string of the molecule is CN1CCN(c2cc3ccccc3o2)c2ccc(C#N)cc2C1. The van der Waals surface area contributed by atoms with Gasteiger partial charge in [-0.3, -0.25) is 0 Å². The first kappa shape index (κ1) is 13.9. The van der Waals surface area contributed by atoms with Crippen molar-refractivity contribution in [1.82, 2.24) is 4.90 Å². The predicted molar refractivity (Wildman–Crippen MR) is 90.7 cm³/mol. The second-order valence-electron chi connectivity index (χ2n) is 5.97. The fraction of sp³-hybridized carbons (Fsp3) is 0.211. The Morgan fingerprint density at radius 3 is 2.78 bits per heavy atom. The summed E-state index contributed by atoms with van der Waals surface area (Å²) in [5.41, 5.74) is 3.87. The zero-order valence-electron chi connectivity index (χ0n) is 13.0. The van der Waals surface area contributed by atoms with E-state index in [0.717, 1.165) is 47.7 Å². The number of furan rings is 1. The summed E-state index contributed by atoms with van der Waals surface area (Å²) in [7, 11) is 2.10. The van der Waals surface area contributed by atoms with Gasteiger partial charge < -0.3 is 14.2 Å². The molecule has 0 radical (unpaired) electrons. The summed E-state index contributed by atoms with van der Waals surface area (Å²) >= 11 is 0. The second kappa shape index (κ2) is 5.45. The number of anilines is 2. The number of para-hydroxylation sites is 1. The van der Waals surface area contributed by atoms with Crippen molar-refractivity contribution in [3.05, 3.63) is 59.7 Å². The summed E-state index contributed by atoms with van der Waals surface area (Å²) in [6, 6.07) is 18.2. The lowest BCUT2D eigenvalue weighted by Crippen LogP contribution is -2.25. The van der Waals surface area contributed by atoms with Crippen LogP contribution in [0.2, 0.25) is 0 Å². The van der Waals surface area contributed by atoms with Gasteiger partial charge in [-0.25, -0.2) is 0 Å². The Balaban J connectivity index is 1.84. The number of hydrogen-bond donors (Lipinski definition) is 0. The van der Waals surface area contributed by atoms with E-state index in [0.29, 0.717) is 5.56 Å². The normalized spacial score (nSPS) is 15.2. The largest absolute Gasteiger partial charge is 0.440 e. The molecule has 0 aliphatic carbocycles. The highest BCUT2D eigenvalue weighted by Gasteiger charge is 2.22. The minimum atomic E-state index is 0.698. The standard InChI is InChI=1S/C19H17N3O/c1-21-8-9-22(17-7-6-14(12-20)10-16(17)13-21)19-11-15-4-2-3-5-18(15)23-19/h2-7,10-11H,8-9,13H2,1H3. The van der Waals surface area contributed by atoms with Gasteiger partial charge in [0.2, 0.25) is 5.88 Å². The van der Waals surface area contributed by atoms with Crippen molar-refractivity contribution >= 4 is 22.5 Å². The quantitative estimate of drug-likeness (QED) is 0.684. The van der Waals surface area contributed by atoms with Crippen LogP contribution in [0.3, 0.4) is 0 Å². The van der Waals surface area contributed by atoms with Crippen molar-refractivity contribution in [2.75, 3.05) is 25.0 Å². The Morgan fingerprint density at radius 1 is 1.09 bits per heavy atom. The topological polar surface area (TPSA) is 43.4 Å². The number of nitriles is 1. The maximum atomic E-state index is 9.16. The fourth-order valence-corrected chi connectivity index (χ4v) is 3.14. The molecule has 3 aromatic rings. The molecule has 4 rings (SSSR count). The molecule has 4 heteroatoms. The van der Waals surface area contributed by atoms with Crippen LogP contribution in [0.1, 0.15) is 11.1 Å². The van der Waals surface area contributed by atoms with Gasteiger partial charge in [0.25, 0.3) is 0 Å². The van der Waals surface area contributed by atoms with Gasteiger partial charge in [0.15, 0.2) is 0 Å². The number of rotatable bonds is 1. The first-order valence-electron chi connectivity index (χ1n) is 7.72. The summed E-state index contributed by atoms with van der Waals surface area (Å²) in [4.78, 5) is 4.47. The summed E-state index contributed by atoms with van der Waals surface area (Å²) in [5.74, 6) is 0.854. The van der Waals surface area contributed by atoms with Crippen LogP contribution < -0.4 is 4.90 Å². The van der Waals surface area contributed by atoms with Crippen molar-refractivity contribution < 1.29 is 4.42 Å². The fourth-order valence-electron chi connectivity index (χ4n) is 3.14. The highest BCUT2D eigenvalue weighted by atomic mass is 16.4. The lowest BCUT2D eigenvalue weighted by molar-refractivity contribution is 0.342. The van der Waals surface area contributed by atoms with E-state index in [-0.39, 0.29) is 0 Å². The minimum absolute atomic E-state index is 0.698. The van der Waals surface area contributed by atoms with Gasteiger partial charge in [-0.15, -0.1) is 0 Å². The van der Waals surface area contributed by atoms with Gasteiger partial charge in [0.05, 0.1) is 11.6 Å². The Morgan fingerprint density at radius 2 is 1.96 bits per heavy atom. The number of benzene rings is 2. The molecule has 4 nitrogen and oxygen atoms in total. The molecule has 0 N–H and O–H groups in total. The molecule has 0 atom stereocenters. The minimum Gasteiger partial charge on any atom is -0.440 e. The van der Waals surface area contributed by atoms with Crippen molar-refractivity contribution in [2.24, 2.45) is 0 Å². The molecule has 1 aliphatic rings. The zero-order chi connectivity index (χ0) is 15.8. The van der Waals surface area contributed by atoms with E-state index in [9.17, 15) is 0 Å². The van der Waals surface area contributed by atoms with Gasteiger partial charge in [0.1, 0.15) is 5.58 Å². The average molecular weight is 303 g/mol. The lowest BCUT2D eigenvalue weighted by atomic mass is 10.1. The third-order valence-corrected chi connectivity index (χ3v) is 4.32. The molecular formula is C19H17N3O. The van der Waals surface area contributed by atoms with Crippen LogP contribution in [0.25, 0.3) is 11.0 Å². The molecule has 0 amide bonds. The summed E-state index contributed by atoms with van der Waals surface area (Å²) < 4.78 is 6.05. The molecule has 114 valence electrons. The van der Waals surface area contributed by atoms with Crippen LogP contribution in [0.4, 0.5) is 11.6 Å². The van der Waals surface area contributed by atoms with Gasteiger partial charge in [-0.1, -0.05) is 18.2 Å². The molecule has 0 fully saturated rings. The van der Waals surface area contributed by atoms with E-state index in [1.165, 1.54) is 0 Å². The smallest absolute Gasteiger partial charge is 0.201 e. The van der Waals surface area contributed by atoms with Crippen LogP contribution in [-0.4, -0.2) is 25.0 Å². The third-order valence-electron chi connectivity index (χ3n) is 4.32. The number of hydrogen-bond acceptors (Lipinski definition) is 4. The van der Waals surface area contributed by atoms with E-state index in [1.807, 2.05) is 36.4 Å². The van der Waals surface area contributed by atoms with Crippen LogP contribution in [0.5, 0.6) is 0 Å². The highest BCUT2D eigenvalue weighted by Crippen LogP contribution is 2.35. The highest BCUT2D eigenvalue weighted by molar-refractivity contribution is 5.82. The van der Waals surface area contributed by atoms with E-state index in [2.05, 4.69) is 35.0 Å². The van der Waals surface area contributed by atoms with E-state index in [4.69, 9.17) is 9.68 Å². The van der Waals surface area contributed by atoms with Crippen molar-refractivity contribution in [3.63, 3.8) is 0 Å². The molecule has 0 unspecified atom stereocenters. The molecule has 0 spiro atoms. The average Bonchev–Trinajstić information content (AvgIpc) is 2.92. The van der Waals surface area contributed by atoms with E-state index in [1.54, 1.807) is 0 Å². The molecule has 2 heterocycles. The lowest BCUT2D eigenvalue weighted by Gasteiger charge is -2.21. The third kappa shape index (κ3) is 2.45. The van der Waals surface area contributed by atoms with Gasteiger partial charge in [-0.2, -0.15) is 5.26 Å². The van der Waals surface area contributed by atoms with Gasteiger partial charge in [0, 0.05) is 36.8 Å². The zero-order valence-corrected chi connectivity index (χ0v) is 13.0. The molecule has 23 heavy (non-hydrogen) atoms. The second-order valence-corrected chi connectivity index (χ2v) is 5.97. The van der Waals surface area contributed by atoms with E-state index < -0.39 is 0 Å². The van der Waals surface area contributed by atoms with Gasteiger partial charge in [-0.05, 0) is 36.9 Å². The molecular weight excluding hydrogens is 286 g/mol. The molecule has 0 saturated carbocycles. The van der Waals surface area contributed by atoms with Crippen LogP contribution in [-0.2, 0) is 6.54 Å². The Bertz CT molecular complexity index is 873. The van der Waals surface area contributed by atoms with Crippen LogP contribution in [0, 0.1) is 11.3 Å². The summed E-state index contributed by atoms with van der Waals surface area (Å²) in [6.45, 7) is 2.63. The first-order chi connectivity index (χ1) is 11.2. The maximum absolute atomic E-state index is 9.16. The van der Waals surface area contributed by atoms with Crippen molar-refractivity contribution in [3.8, 4) is 6.07 Å². The molecule has 0 bridgehead atoms. The first-order valence-corrected chi connectivity index (χ1v) is 7.72. The monoisotopic (exact) mass is 303 g/mol. The van der Waals surface area contributed by atoms with Gasteiger partial charge >= 0.3 is 0 Å². The molecule has 1 aliphatic heterocycles.